The lowest BCUT2D eigenvalue weighted by Crippen LogP contribution is -2.25. The van der Waals surface area contributed by atoms with Gasteiger partial charge in [-0.3, -0.25) is 4.79 Å². The average Bonchev–Trinajstić information content (AvgIpc) is 2.66. The summed E-state index contributed by atoms with van der Waals surface area (Å²) in [6.07, 6.45) is 1.41. The van der Waals surface area contributed by atoms with Crippen molar-refractivity contribution in [3.05, 3.63) is 65.2 Å². The van der Waals surface area contributed by atoms with E-state index >= 15 is 0 Å². The van der Waals surface area contributed by atoms with E-state index in [1.165, 1.54) is 0 Å². The molecule has 2 aromatic rings. The molecule has 6 nitrogen and oxygen atoms in total. The van der Waals surface area contributed by atoms with Crippen LogP contribution in [0.3, 0.4) is 0 Å². The van der Waals surface area contributed by atoms with Crippen LogP contribution in [0.15, 0.2) is 48.5 Å². The van der Waals surface area contributed by atoms with Gasteiger partial charge in [-0.2, -0.15) is 0 Å². The van der Waals surface area contributed by atoms with Gasteiger partial charge in [0, 0.05) is 32.2 Å². The highest BCUT2D eigenvalue weighted by Gasteiger charge is 2.07. The number of carbonyl (C=O) groups is 2. The van der Waals surface area contributed by atoms with E-state index in [9.17, 15) is 9.59 Å². The van der Waals surface area contributed by atoms with Crippen LogP contribution in [0.4, 0.5) is 0 Å². The van der Waals surface area contributed by atoms with Crippen LogP contribution in [-0.2, 0) is 11.2 Å². The Balaban J connectivity index is 1.81. The number of carboxylic acid groups (broad SMARTS) is 1. The number of benzene rings is 2. The normalized spacial score (nSPS) is 10.3. The number of amides is 1. The SMILES string of the molecule is COCCCOc1cccc(C(=O)NCCc2ccc(C(=O)O)cc2)c1. The topological polar surface area (TPSA) is 84.9 Å². The summed E-state index contributed by atoms with van der Waals surface area (Å²) in [5, 5.41) is 11.7. The van der Waals surface area contributed by atoms with Crippen molar-refractivity contribution in [2.45, 2.75) is 12.8 Å². The van der Waals surface area contributed by atoms with Crippen LogP contribution < -0.4 is 10.1 Å². The third-order valence-electron chi connectivity index (χ3n) is 3.76. The fraction of sp³-hybridized carbons (Fsp3) is 0.300. The van der Waals surface area contributed by atoms with Crippen LogP contribution in [0.1, 0.15) is 32.7 Å². The Morgan fingerprint density at radius 3 is 2.50 bits per heavy atom. The number of ether oxygens (including phenoxy) is 2. The van der Waals surface area contributed by atoms with Crippen molar-refractivity contribution >= 4 is 11.9 Å². The molecule has 0 spiro atoms. The molecule has 0 heterocycles. The highest BCUT2D eigenvalue weighted by molar-refractivity contribution is 5.94. The van der Waals surface area contributed by atoms with E-state index < -0.39 is 5.97 Å². The first kappa shape index (κ1) is 19.5. The van der Waals surface area contributed by atoms with E-state index in [0.717, 1.165) is 12.0 Å². The highest BCUT2D eigenvalue weighted by Crippen LogP contribution is 2.13. The lowest BCUT2D eigenvalue weighted by Gasteiger charge is -2.09. The van der Waals surface area contributed by atoms with Gasteiger partial charge in [-0.25, -0.2) is 4.79 Å². The van der Waals surface area contributed by atoms with Gasteiger partial charge in [0.2, 0.25) is 0 Å². The maximum Gasteiger partial charge on any atom is 0.335 e. The van der Waals surface area contributed by atoms with Gasteiger partial charge in [0.1, 0.15) is 5.75 Å². The molecule has 2 rings (SSSR count). The van der Waals surface area contributed by atoms with Gasteiger partial charge < -0.3 is 19.9 Å². The summed E-state index contributed by atoms with van der Waals surface area (Å²) in [5.41, 5.74) is 1.75. The number of carbonyl (C=O) groups excluding carboxylic acids is 1. The van der Waals surface area contributed by atoms with E-state index in [0.29, 0.717) is 37.5 Å². The predicted molar refractivity (Wildman–Crippen MR) is 97.9 cm³/mol. The maximum absolute atomic E-state index is 12.2. The zero-order chi connectivity index (χ0) is 18.8. The molecule has 0 fully saturated rings. The summed E-state index contributed by atoms with van der Waals surface area (Å²) in [7, 11) is 1.64. The number of hydrogen-bond acceptors (Lipinski definition) is 4. The number of rotatable bonds is 10. The molecule has 0 saturated carbocycles. The number of carboxylic acids is 1. The van der Waals surface area contributed by atoms with E-state index in [-0.39, 0.29) is 11.5 Å². The van der Waals surface area contributed by atoms with Crippen molar-refractivity contribution in [2.24, 2.45) is 0 Å². The second kappa shape index (κ2) is 10.2. The quantitative estimate of drug-likeness (QED) is 0.639. The molecule has 2 aromatic carbocycles. The maximum atomic E-state index is 12.2. The van der Waals surface area contributed by atoms with Gasteiger partial charge >= 0.3 is 5.97 Å². The van der Waals surface area contributed by atoms with Crippen molar-refractivity contribution in [2.75, 3.05) is 26.9 Å². The highest BCUT2D eigenvalue weighted by atomic mass is 16.5. The first-order valence-electron chi connectivity index (χ1n) is 8.42. The molecule has 0 bridgehead atoms. The van der Waals surface area contributed by atoms with Crippen LogP contribution in [0.25, 0.3) is 0 Å². The van der Waals surface area contributed by atoms with Crippen LogP contribution >= 0.6 is 0 Å². The molecule has 0 radical (unpaired) electrons. The van der Waals surface area contributed by atoms with Crippen molar-refractivity contribution in [3.63, 3.8) is 0 Å². The van der Waals surface area contributed by atoms with Gasteiger partial charge in [0.25, 0.3) is 5.91 Å². The smallest absolute Gasteiger partial charge is 0.335 e. The molecular weight excluding hydrogens is 334 g/mol. The molecule has 0 atom stereocenters. The molecule has 0 aromatic heterocycles. The van der Waals surface area contributed by atoms with E-state index in [2.05, 4.69) is 5.32 Å². The Morgan fingerprint density at radius 1 is 1.04 bits per heavy atom. The monoisotopic (exact) mass is 357 g/mol. The Bertz CT molecular complexity index is 727. The van der Waals surface area contributed by atoms with E-state index in [4.69, 9.17) is 14.6 Å². The zero-order valence-electron chi connectivity index (χ0n) is 14.7. The van der Waals surface area contributed by atoms with Crippen LogP contribution in [0, 0.1) is 0 Å². The second-order valence-electron chi connectivity index (χ2n) is 5.73. The third kappa shape index (κ3) is 6.22. The fourth-order valence-electron chi connectivity index (χ4n) is 2.36. The molecular formula is C20H23NO5. The van der Waals surface area contributed by atoms with Gasteiger partial charge in [-0.15, -0.1) is 0 Å². The minimum atomic E-state index is -0.950. The average molecular weight is 357 g/mol. The minimum Gasteiger partial charge on any atom is -0.493 e. The molecule has 0 aliphatic rings. The number of nitrogens with one attached hydrogen (secondary N) is 1. The Labute approximate surface area is 152 Å². The molecule has 0 unspecified atom stereocenters. The third-order valence-corrected chi connectivity index (χ3v) is 3.76. The fourth-order valence-corrected chi connectivity index (χ4v) is 2.36. The molecule has 0 aliphatic carbocycles. The first-order valence-corrected chi connectivity index (χ1v) is 8.42. The van der Waals surface area contributed by atoms with Crippen LogP contribution in [0.5, 0.6) is 5.75 Å². The largest absolute Gasteiger partial charge is 0.493 e. The number of methoxy groups -OCH3 is 1. The lowest BCUT2D eigenvalue weighted by molar-refractivity contribution is 0.0696. The number of hydrogen-bond donors (Lipinski definition) is 2. The summed E-state index contributed by atoms with van der Waals surface area (Å²) < 4.78 is 10.6. The molecule has 26 heavy (non-hydrogen) atoms. The molecule has 2 N–H and O–H groups in total. The summed E-state index contributed by atoms with van der Waals surface area (Å²) in [4.78, 5) is 23.1. The van der Waals surface area contributed by atoms with Crippen molar-refractivity contribution in [1.29, 1.82) is 0 Å². The van der Waals surface area contributed by atoms with E-state index in [1.807, 2.05) is 6.07 Å². The molecule has 0 aliphatic heterocycles. The molecule has 1 amide bonds. The van der Waals surface area contributed by atoms with Crippen LogP contribution in [-0.4, -0.2) is 43.9 Å². The van der Waals surface area contributed by atoms with Crippen molar-refractivity contribution < 1.29 is 24.2 Å². The molecule has 6 heteroatoms. The van der Waals surface area contributed by atoms with Gasteiger partial charge in [0.15, 0.2) is 0 Å². The Kier molecular flexibility index (Phi) is 7.64. The minimum absolute atomic E-state index is 0.172. The Morgan fingerprint density at radius 2 is 1.81 bits per heavy atom. The standard InChI is InChI=1S/C20H23NO5/c1-25-12-3-13-26-18-5-2-4-17(14-18)19(22)21-11-10-15-6-8-16(9-7-15)20(23)24/h2,4-9,14H,3,10-13H2,1H3,(H,21,22)(H,23,24). The molecule has 0 saturated heterocycles. The summed E-state index contributed by atoms with van der Waals surface area (Å²) in [6.45, 7) is 1.63. The van der Waals surface area contributed by atoms with Gasteiger partial charge in [-0.1, -0.05) is 18.2 Å². The second-order valence-corrected chi connectivity index (χ2v) is 5.73. The van der Waals surface area contributed by atoms with E-state index in [1.54, 1.807) is 49.6 Å². The first-order chi connectivity index (χ1) is 12.6. The summed E-state index contributed by atoms with van der Waals surface area (Å²) in [5.74, 6) is -0.471. The van der Waals surface area contributed by atoms with Gasteiger partial charge in [-0.05, 0) is 42.3 Å². The summed E-state index contributed by atoms with van der Waals surface area (Å²) in [6, 6.07) is 13.7. The summed E-state index contributed by atoms with van der Waals surface area (Å²) >= 11 is 0. The van der Waals surface area contributed by atoms with Crippen molar-refractivity contribution in [1.82, 2.24) is 5.32 Å². The lowest BCUT2D eigenvalue weighted by atomic mass is 10.1. The van der Waals surface area contributed by atoms with Crippen LogP contribution in [0.2, 0.25) is 0 Å². The predicted octanol–water partition coefficient (Wildman–Crippen LogP) is 2.77. The number of aromatic carboxylic acids is 1. The van der Waals surface area contributed by atoms with Crippen molar-refractivity contribution in [3.8, 4) is 5.75 Å². The Hall–Kier alpha value is -2.86. The zero-order valence-corrected chi connectivity index (χ0v) is 14.7. The molecule has 138 valence electrons. The van der Waals surface area contributed by atoms with Gasteiger partial charge in [0.05, 0.1) is 12.2 Å².